The van der Waals surface area contributed by atoms with E-state index in [-0.39, 0.29) is 17.4 Å². The maximum absolute atomic E-state index is 12.1. The maximum Gasteiger partial charge on any atom is 0.240 e. The zero-order valence-corrected chi connectivity index (χ0v) is 9.66. The second-order valence-corrected chi connectivity index (χ2v) is 5.08. The Morgan fingerprint density at radius 1 is 1.44 bits per heavy atom. The molecule has 3 nitrogen and oxygen atoms in total. The van der Waals surface area contributed by atoms with Crippen LogP contribution in [0.4, 0.5) is 0 Å². The van der Waals surface area contributed by atoms with Crippen LogP contribution in [0.15, 0.2) is 24.3 Å². The summed E-state index contributed by atoms with van der Waals surface area (Å²) in [5.41, 5.74) is 2.60. The van der Waals surface area contributed by atoms with Crippen molar-refractivity contribution in [3.8, 4) is 0 Å². The minimum Gasteiger partial charge on any atom is -0.340 e. The third-order valence-corrected chi connectivity index (χ3v) is 3.97. The van der Waals surface area contributed by atoms with Gasteiger partial charge in [-0.3, -0.25) is 4.79 Å². The molecule has 2 unspecified atom stereocenters. The second-order valence-electron chi connectivity index (χ2n) is 5.08. The van der Waals surface area contributed by atoms with E-state index in [1.807, 2.05) is 18.0 Å². The number of rotatable bonds is 0. The van der Waals surface area contributed by atoms with Crippen molar-refractivity contribution in [1.29, 1.82) is 0 Å². The van der Waals surface area contributed by atoms with Gasteiger partial charge in [-0.15, -0.1) is 0 Å². The number of carbonyl (C=O) groups excluding carboxylic acids is 1. The predicted molar refractivity (Wildman–Crippen MR) is 62.1 cm³/mol. The van der Waals surface area contributed by atoms with Crippen molar-refractivity contribution in [2.45, 2.75) is 24.9 Å². The smallest absolute Gasteiger partial charge is 0.240 e. The fourth-order valence-corrected chi connectivity index (χ4v) is 2.89. The highest BCUT2D eigenvalue weighted by atomic mass is 16.2. The van der Waals surface area contributed by atoms with Crippen LogP contribution in [-0.4, -0.2) is 30.4 Å². The summed E-state index contributed by atoms with van der Waals surface area (Å²) in [6.07, 6.45) is 0. The van der Waals surface area contributed by atoms with Gasteiger partial charge in [-0.1, -0.05) is 31.2 Å². The van der Waals surface area contributed by atoms with Crippen molar-refractivity contribution >= 4 is 5.91 Å². The number of nitrogens with one attached hydrogen (secondary N) is 1. The second kappa shape index (κ2) is 3.08. The molecule has 2 aliphatic heterocycles. The van der Waals surface area contributed by atoms with E-state index in [4.69, 9.17) is 0 Å². The number of carbonyl (C=O) groups is 1. The van der Waals surface area contributed by atoms with Crippen molar-refractivity contribution in [2.24, 2.45) is 0 Å². The Kier molecular flexibility index (Phi) is 1.89. The molecule has 1 amide bonds. The van der Waals surface area contributed by atoms with E-state index in [1.54, 1.807) is 0 Å². The Labute approximate surface area is 95.4 Å². The lowest BCUT2D eigenvalue weighted by molar-refractivity contribution is -0.136. The third kappa shape index (κ3) is 1.09. The number of nitrogens with zero attached hydrogens (tertiary/aromatic N) is 1. The number of hydrogen-bond donors (Lipinski definition) is 1. The van der Waals surface area contributed by atoms with Gasteiger partial charge in [0.1, 0.15) is 0 Å². The van der Waals surface area contributed by atoms with Gasteiger partial charge in [-0.05, 0) is 11.1 Å². The number of likely N-dealkylation sites (N-methyl/N-ethyl adjacent to an activating group) is 1. The fraction of sp³-hybridized carbons (Fsp3) is 0.462. The van der Waals surface area contributed by atoms with Gasteiger partial charge < -0.3 is 10.2 Å². The van der Waals surface area contributed by atoms with Crippen LogP contribution in [0.3, 0.4) is 0 Å². The number of hydrogen-bond acceptors (Lipinski definition) is 2. The molecule has 1 fully saturated rings. The Hall–Kier alpha value is -1.35. The highest BCUT2D eigenvalue weighted by molar-refractivity contribution is 5.86. The summed E-state index contributed by atoms with van der Waals surface area (Å²) >= 11 is 0. The summed E-state index contributed by atoms with van der Waals surface area (Å²) in [7, 11) is 1.88. The summed E-state index contributed by atoms with van der Waals surface area (Å²) < 4.78 is 0. The van der Waals surface area contributed by atoms with E-state index in [2.05, 4.69) is 30.4 Å². The van der Waals surface area contributed by atoms with Crippen LogP contribution in [0.5, 0.6) is 0 Å². The van der Waals surface area contributed by atoms with Crippen molar-refractivity contribution in [2.75, 3.05) is 13.6 Å². The van der Waals surface area contributed by atoms with Crippen LogP contribution in [0.1, 0.15) is 18.1 Å². The Morgan fingerprint density at radius 2 is 2.19 bits per heavy atom. The molecule has 0 aliphatic carbocycles. The molecule has 1 aromatic carbocycles. The molecule has 0 spiro atoms. The largest absolute Gasteiger partial charge is 0.340 e. The molecule has 84 valence electrons. The minimum atomic E-state index is -0.0406. The first-order valence-corrected chi connectivity index (χ1v) is 5.70. The molecule has 0 saturated carbocycles. The molecular formula is C13H16N2O. The minimum absolute atomic E-state index is 0.0154. The van der Waals surface area contributed by atoms with Gasteiger partial charge >= 0.3 is 0 Å². The first-order chi connectivity index (χ1) is 7.63. The Balaban J connectivity index is 2.17. The highest BCUT2D eigenvalue weighted by Gasteiger charge is 2.51. The summed E-state index contributed by atoms with van der Waals surface area (Å²) in [5.74, 6) is 0.213. The first kappa shape index (κ1) is 9.85. The van der Waals surface area contributed by atoms with Crippen LogP contribution in [-0.2, 0) is 16.8 Å². The zero-order valence-electron chi connectivity index (χ0n) is 9.66. The van der Waals surface area contributed by atoms with Crippen LogP contribution in [0.25, 0.3) is 0 Å². The van der Waals surface area contributed by atoms with Gasteiger partial charge in [0.15, 0.2) is 0 Å². The standard InChI is InChI=1S/C13H16N2O/c1-13-8-14-11(13)12(16)15(2)7-9-5-3-4-6-10(9)13/h3-6,11,14H,7-8H2,1-2H3. The van der Waals surface area contributed by atoms with Crippen LogP contribution < -0.4 is 5.32 Å². The molecule has 1 N–H and O–H groups in total. The lowest BCUT2D eigenvalue weighted by Crippen LogP contribution is -2.68. The van der Waals surface area contributed by atoms with Crippen LogP contribution in [0, 0.1) is 0 Å². The van der Waals surface area contributed by atoms with Crippen molar-refractivity contribution in [3.05, 3.63) is 35.4 Å². The SMILES string of the molecule is CN1Cc2ccccc2C2(C)CNC2C1=O. The normalized spacial score (nSPS) is 32.5. The van der Waals surface area contributed by atoms with Gasteiger partial charge in [0.25, 0.3) is 0 Å². The van der Waals surface area contributed by atoms with Gasteiger partial charge in [0.2, 0.25) is 5.91 Å². The van der Waals surface area contributed by atoms with Crippen molar-refractivity contribution in [3.63, 3.8) is 0 Å². The topological polar surface area (TPSA) is 32.3 Å². The Bertz CT molecular complexity index is 457. The molecule has 0 aromatic heterocycles. The van der Waals surface area contributed by atoms with E-state index in [9.17, 15) is 4.79 Å². The number of amides is 1. The summed E-state index contributed by atoms with van der Waals surface area (Å²) in [5, 5.41) is 3.26. The molecule has 2 aliphatic rings. The fourth-order valence-electron chi connectivity index (χ4n) is 2.89. The average Bonchev–Trinajstić information content (AvgIpc) is 2.31. The molecule has 1 aromatic rings. The molecule has 2 heterocycles. The molecule has 3 rings (SSSR count). The Morgan fingerprint density at radius 3 is 2.88 bits per heavy atom. The molecule has 3 heteroatoms. The van der Waals surface area contributed by atoms with E-state index in [1.165, 1.54) is 11.1 Å². The third-order valence-electron chi connectivity index (χ3n) is 3.97. The van der Waals surface area contributed by atoms with Gasteiger partial charge in [0.05, 0.1) is 6.04 Å². The van der Waals surface area contributed by atoms with E-state index in [0.29, 0.717) is 0 Å². The highest BCUT2D eigenvalue weighted by Crippen LogP contribution is 2.39. The van der Waals surface area contributed by atoms with Crippen LogP contribution >= 0.6 is 0 Å². The van der Waals surface area contributed by atoms with Gasteiger partial charge in [-0.25, -0.2) is 0 Å². The summed E-state index contributed by atoms with van der Waals surface area (Å²) in [6, 6.07) is 8.37. The molecule has 0 radical (unpaired) electrons. The van der Waals surface area contributed by atoms with Crippen LogP contribution in [0.2, 0.25) is 0 Å². The zero-order chi connectivity index (χ0) is 11.3. The van der Waals surface area contributed by atoms with Crippen molar-refractivity contribution < 1.29 is 4.79 Å². The number of fused-ring (bicyclic) bond motifs is 3. The average molecular weight is 216 g/mol. The summed E-state index contributed by atoms with van der Waals surface area (Å²) in [6.45, 7) is 3.81. The molecule has 1 saturated heterocycles. The van der Waals surface area contributed by atoms with Gasteiger partial charge in [0, 0.05) is 25.6 Å². The first-order valence-electron chi connectivity index (χ1n) is 5.70. The van der Waals surface area contributed by atoms with E-state index >= 15 is 0 Å². The molecule has 16 heavy (non-hydrogen) atoms. The summed E-state index contributed by atoms with van der Waals surface area (Å²) in [4.78, 5) is 14.0. The lowest BCUT2D eigenvalue weighted by atomic mass is 9.69. The molecule has 0 bridgehead atoms. The van der Waals surface area contributed by atoms with E-state index < -0.39 is 0 Å². The quantitative estimate of drug-likeness (QED) is 0.698. The maximum atomic E-state index is 12.1. The number of benzene rings is 1. The monoisotopic (exact) mass is 216 g/mol. The lowest BCUT2D eigenvalue weighted by Gasteiger charge is -2.47. The van der Waals surface area contributed by atoms with Crippen molar-refractivity contribution in [1.82, 2.24) is 10.2 Å². The molecule has 2 atom stereocenters. The predicted octanol–water partition coefficient (Wildman–Crippen LogP) is 0.888. The van der Waals surface area contributed by atoms with Gasteiger partial charge in [-0.2, -0.15) is 0 Å². The van der Waals surface area contributed by atoms with E-state index in [0.717, 1.165) is 13.1 Å². The molecular weight excluding hydrogens is 200 g/mol.